The molecular formula is C20H15NOS2. The zero-order valence-corrected chi connectivity index (χ0v) is 14.8. The summed E-state index contributed by atoms with van der Waals surface area (Å²) in [7, 11) is 0. The first-order chi connectivity index (χ1) is 11.6. The Kier molecular flexibility index (Phi) is 4.84. The molecule has 1 aliphatic carbocycles. The number of hydrogen-bond donors (Lipinski definition) is 0. The largest absolute Gasteiger partial charge is 0.293 e. The Morgan fingerprint density at radius 2 is 2.00 bits per heavy atom. The van der Waals surface area contributed by atoms with Gasteiger partial charge in [0.1, 0.15) is 6.07 Å². The molecule has 0 saturated carbocycles. The number of thiocarbonyl (C=S) groups is 1. The van der Waals surface area contributed by atoms with Crippen LogP contribution in [-0.2, 0) is 0 Å². The van der Waals surface area contributed by atoms with Gasteiger partial charge in [-0.2, -0.15) is 5.26 Å². The van der Waals surface area contributed by atoms with E-state index in [-0.39, 0.29) is 11.7 Å². The van der Waals surface area contributed by atoms with Crippen LogP contribution in [0.1, 0.15) is 28.6 Å². The fraction of sp³-hybridized carbons (Fsp3) is 0.150. The van der Waals surface area contributed by atoms with Gasteiger partial charge in [-0.25, -0.2) is 0 Å². The molecule has 24 heavy (non-hydrogen) atoms. The molecule has 3 rings (SSSR count). The Morgan fingerprint density at radius 1 is 1.25 bits per heavy atom. The number of carbonyl (C=O) groups is 1. The standard InChI is InChI=1S/C20H15NOS2/c1-13-10-16(14-6-3-2-4-7-14)17(12-21)20(23)15(13)11-18(22)19-8-5-9-24-19/h2-10,15H,11H2,1H3. The van der Waals surface area contributed by atoms with Crippen LogP contribution in [0.15, 0.2) is 65.1 Å². The van der Waals surface area contributed by atoms with E-state index in [0.29, 0.717) is 16.9 Å². The van der Waals surface area contributed by atoms with Crippen LogP contribution in [0, 0.1) is 17.2 Å². The smallest absolute Gasteiger partial charge is 0.173 e. The highest BCUT2D eigenvalue weighted by Crippen LogP contribution is 2.35. The third kappa shape index (κ3) is 3.14. The van der Waals surface area contributed by atoms with E-state index in [1.807, 2.05) is 60.8 Å². The second-order valence-corrected chi connectivity index (χ2v) is 7.06. The average molecular weight is 349 g/mol. The summed E-state index contributed by atoms with van der Waals surface area (Å²) in [5.74, 6) is -0.109. The molecule has 0 amide bonds. The fourth-order valence-corrected chi connectivity index (χ4v) is 3.95. The molecule has 118 valence electrons. The summed E-state index contributed by atoms with van der Waals surface area (Å²) in [6, 6.07) is 15.7. The molecule has 0 radical (unpaired) electrons. The van der Waals surface area contributed by atoms with E-state index in [9.17, 15) is 10.1 Å². The van der Waals surface area contributed by atoms with Crippen LogP contribution in [0.4, 0.5) is 0 Å². The first kappa shape index (κ1) is 16.5. The molecule has 2 aromatic rings. The molecule has 0 aliphatic heterocycles. The molecule has 1 aromatic carbocycles. The number of benzene rings is 1. The summed E-state index contributed by atoms with van der Waals surface area (Å²) < 4.78 is 0. The van der Waals surface area contributed by atoms with E-state index in [1.165, 1.54) is 11.3 Å². The highest BCUT2D eigenvalue weighted by molar-refractivity contribution is 7.81. The number of allylic oxidation sites excluding steroid dienone is 4. The van der Waals surface area contributed by atoms with Crippen molar-refractivity contribution < 1.29 is 4.79 Å². The number of hydrogen-bond acceptors (Lipinski definition) is 4. The zero-order chi connectivity index (χ0) is 17.1. The minimum Gasteiger partial charge on any atom is -0.293 e. The first-order valence-corrected chi connectivity index (χ1v) is 8.89. The minimum atomic E-state index is -0.184. The molecule has 0 fully saturated rings. The molecule has 0 bridgehead atoms. The van der Waals surface area contributed by atoms with Gasteiger partial charge in [0, 0.05) is 22.8 Å². The molecule has 4 heteroatoms. The van der Waals surface area contributed by atoms with Gasteiger partial charge in [0.2, 0.25) is 0 Å². The van der Waals surface area contributed by atoms with Crippen molar-refractivity contribution in [3.8, 4) is 6.07 Å². The summed E-state index contributed by atoms with van der Waals surface area (Å²) in [6.07, 6.45) is 2.31. The Hall–Kier alpha value is -2.35. The number of thiophene rings is 1. The van der Waals surface area contributed by atoms with Crippen LogP contribution in [0.5, 0.6) is 0 Å². The maximum atomic E-state index is 12.4. The molecule has 1 heterocycles. The quantitative estimate of drug-likeness (QED) is 0.559. The fourth-order valence-electron chi connectivity index (χ4n) is 2.85. The summed E-state index contributed by atoms with van der Waals surface area (Å²) >= 11 is 7.02. The summed E-state index contributed by atoms with van der Waals surface area (Å²) in [5.41, 5.74) is 3.35. The van der Waals surface area contributed by atoms with Gasteiger partial charge < -0.3 is 0 Å². The maximum absolute atomic E-state index is 12.4. The van der Waals surface area contributed by atoms with Crippen molar-refractivity contribution >= 4 is 39.8 Å². The lowest BCUT2D eigenvalue weighted by molar-refractivity contribution is 0.0980. The minimum absolute atomic E-state index is 0.0746. The first-order valence-electron chi connectivity index (χ1n) is 7.60. The van der Waals surface area contributed by atoms with Crippen molar-refractivity contribution in [2.45, 2.75) is 13.3 Å². The molecule has 0 saturated heterocycles. The van der Waals surface area contributed by atoms with Gasteiger partial charge in [0.05, 0.1) is 10.5 Å². The van der Waals surface area contributed by atoms with Crippen molar-refractivity contribution in [1.29, 1.82) is 5.26 Å². The second-order valence-electron chi connectivity index (χ2n) is 5.68. The third-order valence-corrected chi connectivity index (χ3v) is 5.54. The van der Waals surface area contributed by atoms with Crippen LogP contribution in [-0.4, -0.2) is 10.6 Å². The average Bonchev–Trinajstić information content (AvgIpc) is 3.13. The van der Waals surface area contributed by atoms with Crippen LogP contribution >= 0.6 is 23.6 Å². The van der Waals surface area contributed by atoms with Crippen LogP contribution in [0.2, 0.25) is 0 Å². The Morgan fingerprint density at radius 3 is 2.62 bits per heavy atom. The van der Waals surface area contributed by atoms with Crippen LogP contribution in [0.3, 0.4) is 0 Å². The number of nitriles is 1. The Bertz CT molecular complexity index is 883. The summed E-state index contributed by atoms with van der Waals surface area (Å²) in [5, 5.41) is 11.5. The normalized spacial score (nSPS) is 17.4. The number of nitrogens with zero attached hydrogens (tertiary/aromatic N) is 1. The van der Waals surface area contributed by atoms with E-state index >= 15 is 0 Å². The third-order valence-electron chi connectivity index (χ3n) is 4.14. The van der Waals surface area contributed by atoms with Gasteiger partial charge >= 0.3 is 0 Å². The van der Waals surface area contributed by atoms with Crippen molar-refractivity contribution in [3.05, 3.63) is 75.5 Å². The highest BCUT2D eigenvalue weighted by Gasteiger charge is 2.29. The van der Waals surface area contributed by atoms with E-state index in [4.69, 9.17) is 12.2 Å². The van der Waals surface area contributed by atoms with E-state index in [2.05, 4.69) is 6.07 Å². The number of carbonyl (C=O) groups excluding carboxylic acids is 1. The molecule has 1 atom stereocenters. The molecule has 1 unspecified atom stereocenters. The monoisotopic (exact) mass is 349 g/mol. The van der Waals surface area contributed by atoms with Gasteiger partial charge in [-0.1, -0.05) is 60.3 Å². The molecule has 1 aromatic heterocycles. The zero-order valence-electron chi connectivity index (χ0n) is 13.2. The summed E-state index contributed by atoms with van der Waals surface area (Å²) in [4.78, 5) is 13.7. The van der Waals surface area contributed by atoms with Crippen LogP contribution in [0.25, 0.3) is 5.57 Å². The molecular weight excluding hydrogens is 334 g/mol. The lowest BCUT2D eigenvalue weighted by Crippen LogP contribution is -2.23. The lowest BCUT2D eigenvalue weighted by Gasteiger charge is -2.24. The van der Waals surface area contributed by atoms with Gasteiger partial charge in [-0.05, 0) is 23.9 Å². The number of Topliss-reactive ketones (excluding diaryl/α,β-unsaturated/α-hetero) is 1. The Balaban J connectivity index is 1.94. The van der Waals surface area contributed by atoms with E-state index in [1.54, 1.807) is 0 Å². The number of rotatable bonds is 4. The molecule has 0 spiro atoms. The molecule has 0 N–H and O–H groups in total. The highest BCUT2D eigenvalue weighted by atomic mass is 32.1. The molecule has 2 nitrogen and oxygen atoms in total. The second kappa shape index (κ2) is 7.04. The van der Waals surface area contributed by atoms with Crippen LogP contribution < -0.4 is 0 Å². The summed E-state index contributed by atoms with van der Waals surface area (Å²) in [6.45, 7) is 1.98. The van der Waals surface area contributed by atoms with Crippen molar-refractivity contribution in [1.82, 2.24) is 0 Å². The predicted molar refractivity (Wildman–Crippen MR) is 102 cm³/mol. The van der Waals surface area contributed by atoms with Gasteiger partial charge in [-0.3, -0.25) is 4.79 Å². The van der Waals surface area contributed by atoms with Gasteiger partial charge in [0.15, 0.2) is 5.78 Å². The van der Waals surface area contributed by atoms with E-state index < -0.39 is 0 Å². The lowest BCUT2D eigenvalue weighted by atomic mass is 9.79. The van der Waals surface area contributed by atoms with Gasteiger partial charge in [-0.15, -0.1) is 11.3 Å². The SMILES string of the molecule is CC1=CC(c2ccccc2)=C(C#N)C(=S)C1CC(=O)c1cccs1. The van der Waals surface area contributed by atoms with E-state index in [0.717, 1.165) is 21.6 Å². The van der Waals surface area contributed by atoms with Gasteiger partial charge in [0.25, 0.3) is 0 Å². The Labute approximate surface area is 150 Å². The predicted octanol–water partition coefficient (Wildman–Crippen LogP) is 5.24. The maximum Gasteiger partial charge on any atom is 0.173 e. The number of ketones is 1. The van der Waals surface area contributed by atoms with Crippen molar-refractivity contribution in [3.63, 3.8) is 0 Å². The van der Waals surface area contributed by atoms with Crippen molar-refractivity contribution in [2.75, 3.05) is 0 Å². The molecule has 1 aliphatic rings. The topological polar surface area (TPSA) is 40.9 Å². The van der Waals surface area contributed by atoms with Crippen molar-refractivity contribution in [2.24, 2.45) is 5.92 Å².